The van der Waals surface area contributed by atoms with Crippen molar-refractivity contribution < 1.29 is 32.6 Å². The third-order valence-corrected chi connectivity index (χ3v) is 16.5. The summed E-state index contributed by atoms with van der Waals surface area (Å²) in [6, 6.07) is 15.2. The minimum atomic E-state index is -0.857. The molecule has 398 valence electrons. The zero-order valence-electron chi connectivity index (χ0n) is 43.8. The predicted molar refractivity (Wildman–Crippen MR) is 291 cm³/mol. The number of fused-ring (bicyclic) bond motifs is 4. The maximum atomic E-state index is 17.0. The van der Waals surface area contributed by atoms with E-state index in [0.717, 1.165) is 60.5 Å². The van der Waals surface area contributed by atoms with Crippen molar-refractivity contribution in [2.24, 2.45) is 11.3 Å². The SMILES string of the molecule is C#Cc1c(F)ccc2cccc(-c3ncc4c(N5CC6CCC(C5)N6)nc(OCCN5CCC(COCC(=O)N[C@H](C(=O)N6CCC[C@H]6C(=O)N[C@@H](C)c6ccc(-c7scnc7C)cc6)C(C)(C)C)CC5)nc4c3F)c12. The highest BCUT2D eigenvalue weighted by molar-refractivity contribution is 7.13. The van der Waals surface area contributed by atoms with Crippen molar-refractivity contribution >= 4 is 56.6 Å². The number of rotatable bonds is 16. The van der Waals surface area contributed by atoms with E-state index in [1.165, 1.54) is 6.07 Å². The first kappa shape index (κ1) is 52.8. The fourth-order valence-electron chi connectivity index (χ4n) is 11.4. The van der Waals surface area contributed by atoms with Crippen LogP contribution in [-0.2, 0) is 19.1 Å². The normalized spacial score (nSPS) is 19.9. The summed E-state index contributed by atoms with van der Waals surface area (Å²) in [5.74, 6) is 1.13. The fraction of sp³-hybridized carbons (Fsp3) is 0.466. The summed E-state index contributed by atoms with van der Waals surface area (Å²) in [6.07, 6.45) is 12.4. The van der Waals surface area contributed by atoms with Crippen LogP contribution in [0.2, 0.25) is 0 Å². The number of anilines is 1. The van der Waals surface area contributed by atoms with Crippen LogP contribution >= 0.6 is 11.3 Å². The molecule has 18 heteroatoms. The average Bonchev–Trinajstić information content (AvgIpc) is 4.18. The van der Waals surface area contributed by atoms with Crippen molar-refractivity contribution in [3.63, 3.8) is 0 Å². The molecule has 0 spiro atoms. The molecule has 0 radical (unpaired) electrons. The van der Waals surface area contributed by atoms with Crippen LogP contribution in [0.1, 0.15) is 89.1 Å². The van der Waals surface area contributed by atoms with Crippen molar-refractivity contribution in [1.82, 2.24) is 45.7 Å². The second-order valence-corrected chi connectivity index (χ2v) is 22.7. The van der Waals surface area contributed by atoms with Gasteiger partial charge >= 0.3 is 6.01 Å². The Hall–Kier alpha value is -6.65. The molecule has 2 unspecified atom stereocenters. The summed E-state index contributed by atoms with van der Waals surface area (Å²) in [5.41, 5.74) is 4.70. The number of hydrogen-bond acceptors (Lipinski definition) is 13. The van der Waals surface area contributed by atoms with Crippen molar-refractivity contribution in [2.45, 2.75) is 103 Å². The quantitative estimate of drug-likeness (QED) is 0.0802. The van der Waals surface area contributed by atoms with Gasteiger partial charge in [-0.2, -0.15) is 9.97 Å². The van der Waals surface area contributed by atoms with Crippen molar-refractivity contribution in [3.05, 3.63) is 94.8 Å². The Morgan fingerprint density at radius 3 is 2.42 bits per heavy atom. The van der Waals surface area contributed by atoms with E-state index < -0.39 is 29.1 Å². The second kappa shape index (κ2) is 22.5. The minimum Gasteiger partial charge on any atom is -0.462 e. The Labute approximate surface area is 446 Å². The molecule has 0 saturated carbocycles. The van der Waals surface area contributed by atoms with Crippen LogP contribution in [0.4, 0.5) is 14.6 Å². The Morgan fingerprint density at radius 1 is 0.947 bits per heavy atom. The van der Waals surface area contributed by atoms with Gasteiger partial charge in [0, 0.05) is 55.4 Å². The number of halogens is 2. The smallest absolute Gasteiger partial charge is 0.319 e. The van der Waals surface area contributed by atoms with E-state index in [4.69, 9.17) is 20.9 Å². The third-order valence-electron chi connectivity index (χ3n) is 15.5. The number of piperazine rings is 1. The zero-order chi connectivity index (χ0) is 53.3. The van der Waals surface area contributed by atoms with Crippen LogP contribution < -0.4 is 25.6 Å². The molecule has 10 rings (SSSR count). The molecule has 76 heavy (non-hydrogen) atoms. The molecule has 3 N–H and O–H groups in total. The number of nitrogens with zero attached hydrogens (tertiary/aromatic N) is 7. The average molecular weight is 1050 g/mol. The topological polar surface area (TPSA) is 167 Å². The molecule has 0 aliphatic carbocycles. The lowest BCUT2D eigenvalue weighted by molar-refractivity contribution is -0.144. The molecular weight excluding hydrogens is 987 g/mol. The van der Waals surface area contributed by atoms with Gasteiger partial charge in [0.15, 0.2) is 5.82 Å². The number of likely N-dealkylation sites (tertiary alicyclic amines) is 2. The third kappa shape index (κ3) is 11.2. The molecule has 3 aromatic heterocycles. The Bertz CT molecular complexity index is 3160. The number of carbonyl (C=O) groups excluding carboxylic acids is 3. The number of aromatic nitrogens is 4. The minimum absolute atomic E-state index is 0.00810. The fourth-order valence-corrected chi connectivity index (χ4v) is 12.2. The molecule has 3 aromatic carbocycles. The number of pyridine rings is 1. The molecule has 4 aliphatic rings. The van der Waals surface area contributed by atoms with Gasteiger partial charge in [-0.05, 0) is 99.4 Å². The molecular formula is C58H66F2N10O5S. The van der Waals surface area contributed by atoms with Gasteiger partial charge in [0.2, 0.25) is 17.7 Å². The van der Waals surface area contributed by atoms with Crippen LogP contribution in [0.15, 0.2) is 66.3 Å². The first-order chi connectivity index (χ1) is 36.6. The highest BCUT2D eigenvalue weighted by Gasteiger charge is 2.42. The molecule has 4 saturated heterocycles. The van der Waals surface area contributed by atoms with Crippen LogP contribution in [0, 0.1) is 42.2 Å². The van der Waals surface area contributed by atoms with Gasteiger partial charge in [-0.15, -0.1) is 17.8 Å². The van der Waals surface area contributed by atoms with Crippen LogP contribution in [0.5, 0.6) is 6.01 Å². The summed E-state index contributed by atoms with van der Waals surface area (Å²) in [6.45, 7) is 14.1. The summed E-state index contributed by atoms with van der Waals surface area (Å²) in [7, 11) is 0. The molecule has 15 nitrogen and oxygen atoms in total. The van der Waals surface area contributed by atoms with Gasteiger partial charge in [0.1, 0.15) is 48.1 Å². The van der Waals surface area contributed by atoms with Crippen LogP contribution in [0.3, 0.4) is 0 Å². The largest absolute Gasteiger partial charge is 0.462 e. The maximum absolute atomic E-state index is 17.0. The second-order valence-electron chi connectivity index (χ2n) is 21.9. The lowest BCUT2D eigenvalue weighted by atomic mass is 9.85. The van der Waals surface area contributed by atoms with Crippen molar-refractivity contribution in [2.75, 3.05) is 64.0 Å². The van der Waals surface area contributed by atoms with E-state index in [9.17, 15) is 18.8 Å². The summed E-state index contributed by atoms with van der Waals surface area (Å²) in [4.78, 5) is 67.0. The molecule has 6 aromatic rings. The number of terminal acetylenes is 1. The van der Waals surface area contributed by atoms with Gasteiger partial charge in [0.05, 0.1) is 39.7 Å². The number of aryl methyl sites for hydroxylation is 1. The number of benzene rings is 3. The Kier molecular flexibility index (Phi) is 15.6. The molecule has 4 aliphatic heterocycles. The van der Waals surface area contributed by atoms with Gasteiger partial charge in [0.25, 0.3) is 0 Å². The van der Waals surface area contributed by atoms with E-state index in [2.05, 4.69) is 46.6 Å². The summed E-state index contributed by atoms with van der Waals surface area (Å²) in [5, 5.41) is 11.3. The zero-order valence-corrected chi connectivity index (χ0v) is 44.7. The lowest BCUT2D eigenvalue weighted by Gasteiger charge is -2.35. The monoisotopic (exact) mass is 1050 g/mol. The lowest BCUT2D eigenvalue weighted by Crippen LogP contribution is -2.58. The molecule has 4 fully saturated rings. The van der Waals surface area contributed by atoms with E-state index in [-0.39, 0.29) is 65.7 Å². The van der Waals surface area contributed by atoms with Gasteiger partial charge in [-0.3, -0.25) is 24.3 Å². The van der Waals surface area contributed by atoms with Crippen molar-refractivity contribution in [3.8, 4) is 40.1 Å². The number of amides is 3. The number of ether oxygens (including phenoxy) is 2. The number of nitrogens with one attached hydrogen (secondary N) is 3. The first-order valence-corrected chi connectivity index (χ1v) is 27.4. The highest BCUT2D eigenvalue weighted by atomic mass is 32.1. The Balaban J connectivity index is 0.717. The predicted octanol–water partition coefficient (Wildman–Crippen LogP) is 7.98. The summed E-state index contributed by atoms with van der Waals surface area (Å²) < 4.78 is 44.2. The Morgan fingerprint density at radius 2 is 1.71 bits per heavy atom. The van der Waals surface area contributed by atoms with Gasteiger partial charge in [-0.1, -0.05) is 75.2 Å². The van der Waals surface area contributed by atoms with E-state index in [1.54, 1.807) is 46.7 Å². The van der Waals surface area contributed by atoms with Gasteiger partial charge < -0.3 is 35.2 Å². The van der Waals surface area contributed by atoms with E-state index in [1.807, 2.05) is 64.4 Å². The molecule has 3 amide bonds. The molecule has 5 atom stereocenters. The van der Waals surface area contributed by atoms with Crippen LogP contribution in [-0.4, -0.2) is 131 Å². The highest BCUT2D eigenvalue weighted by Crippen LogP contribution is 2.38. The molecule has 2 bridgehead atoms. The number of thiazole rings is 1. The number of piperidine rings is 1. The number of hydrogen-bond donors (Lipinski definition) is 3. The van der Waals surface area contributed by atoms with Gasteiger partial charge in [-0.25, -0.2) is 13.8 Å². The first-order valence-electron chi connectivity index (χ1n) is 26.5. The molecule has 7 heterocycles. The maximum Gasteiger partial charge on any atom is 0.319 e. The van der Waals surface area contributed by atoms with E-state index >= 15 is 4.39 Å². The van der Waals surface area contributed by atoms with E-state index in [0.29, 0.717) is 85.3 Å². The standard InChI is InChI=1S/C58H66F2N10O5S/c1-7-42-45(59)20-17-38-10-8-11-43(48(38)42)50-49(60)51-44(28-61-50)54(69-29-40-18-19-41(30-69)64-40)67-57(66-51)75-27-26-68-24-21-36(22-25-68)31-74-32-47(71)65-53(58(4,5)6)56(73)70-23-9-12-46(70)55(72)63-34(2)37-13-15-39(16-14-37)52-35(3)62-33-76-52/h1,8,10-11,13-17,20,28,33-34,36,40-41,46,53,64H,9,12,18-19,21-27,29-32H2,2-6H3,(H,63,72)(H,65,71)/t34-,40?,41?,46-,53+/m0/s1. The summed E-state index contributed by atoms with van der Waals surface area (Å²) >= 11 is 1.59. The van der Waals surface area contributed by atoms with Crippen LogP contribution in [0.25, 0.3) is 43.4 Å². The number of carbonyl (C=O) groups is 3. The van der Waals surface area contributed by atoms with Crippen molar-refractivity contribution in [1.29, 1.82) is 0 Å².